The van der Waals surface area contributed by atoms with Crippen LogP contribution in [0.3, 0.4) is 0 Å². The van der Waals surface area contributed by atoms with Gasteiger partial charge in [0.2, 0.25) is 0 Å². The highest BCUT2D eigenvalue weighted by Gasteiger charge is 2.19. The van der Waals surface area contributed by atoms with Gasteiger partial charge in [-0.15, -0.1) is 10.2 Å². The Bertz CT molecular complexity index is 1190. The summed E-state index contributed by atoms with van der Waals surface area (Å²) in [6.07, 6.45) is 0. The number of thioether (sulfide) groups is 1. The number of para-hydroxylation sites is 2. The molecule has 0 saturated heterocycles. The molecule has 0 unspecified atom stereocenters. The lowest BCUT2D eigenvalue weighted by atomic mass is 10.1. The summed E-state index contributed by atoms with van der Waals surface area (Å²) >= 11 is 1.34. The second-order valence-electron chi connectivity index (χ2n) is 6.62. The van der Waals surface area contributed by atoms with Crippen LogP contribution >= 0.6 is 11.8 Å². The Labute approximate surface area is 184 Å². The van der Waals surface area contributed by atoms with Crippen LogP contribution in [0.25, 0.3) is 17.1 Å². The number of aromatic nitrogens is 3. The Hall–Kier alpha value is -3.58. The zero-order valence-corrected chi connectivity index (χ0v) is 18.0. The molecule has 0 radical (unpaired) electrons. The van der Waals surface area contributed by atoms with Crippen LogP contribution in [0.4, 0.5) is 0 Å². The Morgan fingerprint density at radius 2 is 1.68 bits per heavy atom. The molecule has 0 saturated carbocycles. The number of nitrogens with zero attached hydrogens (tertiary/aromatic N) is 3. The lowest BCUT2D eigenvalue weighted by Crippen LogP contribution is -2.06. The molecule has 3 aromatic carbocycles. The van der Waals surface area contributed by atoms with Gasteiger partial charge in [-0.3, -0.25) is 9.36 Å². The van der Waals surface area contributed by atoms with Crippen molar-refractivity contribution >= 4 is 17.5 Å². The van der Waals surface area contributed by atoms with Gasteiger partial charge in [0.25, 0.3) is 0 Å². The summed E-state index contributed by atoms with van der Waals surface area (Å²) in [5.41, 5.74) is 2.34. The van der Waals surface area contributed by atoms with E-state index in [1.807, 2.05) is 71.3 Å². The van der Waals surface area contributed by atoms with Crippen molar-refractivity contribution in [2.24, 2.45) is 0 Å². The molecule has 7 heteroatoms. The Kier molecular flexibility index (Phi) is 6.33. The van der Waals surface area contributed by atoms with E-state index in [-0.39, 0.29) is 11.5 Å². The summed E-state index contributed by atoms with van der Waals surface area (Å²) in [5, 5.41) is 9.44. The first-order chi connectivity index (χ1) is 15.2. The minimum atomic E-state index is -0.0343. The first-order valence-corrected chi connectivity index (χ1v) is 10.6. The number of carbonyl (C=O) groups excluding carboxylic acids is 1. The summed E-state index contributed by atoms with van der Waals surface area (Å²) < 4.78 is 12.6. The number of ketones is 1. The molecule has 6 nitrogen and oxygen atoms in total. The number of benzene rings is 3. The normalized spacial score (nSPS) is 10.6. The molecule has 0 aliphatic rings. The standard InChI is InChI=1S/C24H21N3O3S/c1-29-19-12-8-9-17(15-19)23-25-26-24(27(23)18-10-4-3-5-11-18)31-16-21(28)20-13-6-7-14-22(20)30-2/h3-15H,16H2,1-2H3. The van der Waals surface area contributed by atoms with E-state index in [0.29, 0.717) is 22.3 Å². The lowest BCUT2D eigenvalue weighted by molar-refractivity contribution is 0.101. The third-order valence-corrected chi connectivity index (χ3v) is 5.64. The average molecular weight is 432 g/mol. The molecule has 0 fully saturated rings. The molecule has 0 amide bonds. The Morgan fingerprint density at radius 1 is 0.903 bits per heavy atom. The van der Waals surface area contributed by atoms with Crippen LogP contribution in [0, 0.1) is 0 Å². The van der Waals surface area contributed by atoms with Gasteiger partial charge in [-0.25, -0.2) is 0 Å². The molecule has 0 aliphatic heterocycles. The van der Waals surface area contributed by atoms with E-state index in [1.165, 1.54) is 11.8 Å². The lowest BCUT2D eigenvalue weighted by Gasteiger charge is -2.11. The van der Waals surface area contributed by atoms with Crippen molar-refractivity contribution < 1.29 is 14.3 Å². The quantitative estimate of drug-likeness (QED) is 0.291. The largest absolute Gasteiger partial charge is 0.497 e. The van der Waals surface area contributed by atoms with E-state index >= 15 is 0 Å². The molecule has 156 valence electrons. The van der Waals surface area contributed by atoms with E-state index in [0.717, 1.165) is 17.0 Å². The summed E-state index contributed by atoms with van der Waals surface area (Å²) in [6.45, 7) is 0. The van der Waals surface area contributed by atoms with Crippen LogP contribution in [0.2, 0.25) is 0 Å². The van der Waals surface area contributed by atoms with E-state index in [4.69, 9.17) is 9.47 Å². The predicted octanol–water partition coefficient (Wildman–Crippen LogP) is 4.93. The first-order valence-electron chi connectivity index (χ1n) is 9.65. The molecule has 1 aromatic heterocycles. The summed E-state index contributed by atoms with van der Waals surface area (Å²) in [4.78, 5) is 12.8. The van der Waals surface area contributed by atoms with Gasteiger partial charge in [-0.2, -0.15) is 0 Å². The van der Waals surface area contributed by atoms with Crippen molar-refractivity contribution in [3.63, 3.8) is 0 Å². The molecule has 31 heavy (non-hydrogen) atoms. The fourth-order valence-corrected chi connectivity index (χ4v) is 4.04. The van der Waals surface area contributed by atoms with Gasteiger partial charge in [-0.05, 0) is 36.4 Å². The third-order valence-electron chi connectivity index (χ3n) is 4.72. The van der Waals surface area contributed by atoms with E-state index in [2.05, 4.69) is 10.2 Å². The van der Waals surface area contributed by atoms with E-state index < -0.39 is 0 Å². The van der Waals surface area contributed by atoms with Gasteiger partial charge >= 0.3 is 0 Å². The van der Waals surface area contributed by atoms with Gasteiger partial charge in [0.05, 0.1) is 25.5 Å². The van der Waals surface area contributed by atoms with Crippen LogP contribution < -0.4 is 9.47 Å². The number of rotatable bonds is 8. The highest BCUT2D eigenvalue weighted by Crippen LogP contribution is 2.30. The predicted molar refractivity (Wildman–Crippen MR) is 121 cm³/mol. The van der Waals surface area contributed by atoms with Crippen molar-refractivity contribution in [3.8, 4) is 28.6 Å². The molecule has 0 aliphatic carbocycles. The van der Waals surface area contributed by atoms with Crippen molar-refractivity contribution in [1.29, 1.82) is 0 Å². The maximum atomic E-state index is 12.8. The summed E-state index contributed by atoms with van der Waals surface area (Å²) in [7, 11) is 3.19. The fourth-order valence-electron chi connectivity index (χ4n) is 3.21. The van der Waals surface area contributed by atoms with Gasteiger partial charge in [0.1, 0.15) is 11.5 Å². The SMILES string of the molecule is COc1cccc(-c2nnc(SCC(=O)c3ccccc3OC)n2-c2ccccc2)c1. The number of methoxy groups -OCH3 is 2. The third kappa shape index (κ3) is 4.46. The Morgan fingerprint density at radius 3 is 2.45 bits per heavy atom. The molecule has 0 bridgehead atoms. The number of Topliss-reactive ketones (excluding diaryl/α,β-unsaturated/α-hetero) is 1. The van der Waals surface area contributed by atoms with Crippen molar-refractivity contribution in [2.75, 3.05) is 20.0 Å². The zero-order chi connectivity index (χ0) is 21.6. The summed E-state index contributed by atoms with van der Waals surface area (Å²) in [5.74, 6) is 2.16. The van der Waals surface area contributed by atoms with Crippen LogP contribution in [0.5, 0.6) is 11.5 Å². The monoisotopic (exact) mass is 431 g/mol. The first kappa shape index (κ1) is 20.7. The van der Waals surface area contributed by atoms with Gasteiger partial charge in [0.15, 0.2) is 16.8 Å². The van der Waals surface area contributed by atoms with Crippen LogP contribution in [0.1, 0.15) is 10.4 Å². The zero-order valence-electron chi connectivity index (χ0n) is 17.2. The minimum absolute atomic E-state index is 0.0343. The second-order valence-corrected chi connectivity index (χ2v) is 7.56. The van der Waals surface area contributed by atoms with Crippen molar-refractivity contribution in [3.05, 3.63) is 84.4 Å². The second kappa shape index (κ2) is 9.49. The molecular weight excluding hydrogens is 410 g/mol. The van der Waals surface area contributed by atoms with E-state index in [9.17, 15) is 4.79 Å². The number of ether oxygens (including phenoxy) is 2. The highest BCUT2D eigenvalue weighted by atomic mass is 32.2. The maximum absolute atomic E-state index is 12.8. The maximum Gasteiger partial charge on any atom is 0.196 e. The topological polar surface area (TPSA) is 66.2 Å². The van der Waals surface area contributed by atoms with Crippen molar-refractivity contribution in [2.45, 2.75) is 5.16 Å². The number of carbonyl (C=O) groups is 1. The Balaban J connectivity index is 1.68. The minimum Gasteiger partial charge on any atom is -0.497 e. The van der Waals surface area contributed by atoms with Crippen LogP contribution in [-0.4, -0.2) is 40.5 Å². The number of hydrogen-bond donors (Lipinski definition) is 0. The average Bonchev–Trinajstić information content (AvgIpc) is 3.27. The molecular formula is C24H21N3O3S. The van der Waals surface area contributed by atoms with Crippen molar-refractivity contribution in [1.82, 2.24) is 14.8 Å². The van der Waals surface area contributed by atoms with Gasteiger partial charge in [-0.1, -0.05) is 54.2 Å². The summed E-state index contributed by atoms with van der Waals surface area (Å²) in [6, 6.07) is 24.7. The molecule has 4 rings (SSSR count). The van der Waals surface area contributed by atoms with Crippen LogP contribution in [0.15, 0.2) is 84.0 Å². The molecule has 4 aromatic rings. The highest BCUT2D eigenvalue weighted by molar-refractivity contribution is 7.99. The van der Waals surface area contributed by atoms with E-state index in [1.54, 1.807) is 26.4 Å². The molecule has 1 heterocycles. The fraction of sp³-hybridized carbons (Fsp3) is 0.125. The van der Waals surface area contributed by atoms with Crippen LogP contribution in [-0.2, 0) is 0 Å². The van der Waals surface area contributed by atoms with Gasteiger partial charge in [0, 0.05) is 11.3 Å². The molecule has 0 spiro atoms. The molecule has 0 N–H and O–H groups in total. The van der Waals surface area contributed by atoms with Gasteiger partial charge < -0.3 is 9.47 Å². The smallest absolute Gasteiger partial charge is 0.196 e. The number of hydrogen-bond acceptors (Lipinski definition) is 6. The molecule has 0 atom stereocenters.